The summed E-state index contributed by atoms with van der Waals surface area (Å²) in [5, 5.41) is 6.61. The molecule has 0 aliphatic rings. The van der Waals surface area contributed by atoms with Gasteiger partial charge in [-0.2, -0.15) is 4.98 Å². The SMILES string of the molecule is CCN(CC(=O)NC(C)(C)C)C(=O)c1ccc(-c2nc(C)no2)cc1. The predicted molar refractivity (Wildman–Crippen MR) is 93.9 cm³/mol. The van der Waals surface area contributed by atoms with E-state index < -0.39 is 0 Å². The van der Waals surface area contributed by atoms with Crippen LogP contribution in [0.1, 0.15) is 43.9 Å². The Bertz CT molecular complexity index is 744. The molecule has 0 aliphatic heterocycles. The van der Waals surface area contributed by atoms with Gasteiger partial charge < -0.3 is 14.7 Å². The Morgan fingerprint density at radius 3 is 2.32 bits per heavy atom. The molecule has 0 radical (unpaired) electrons. The summed E-state index contributed by atoms with van der Waals surface area (Å²) in [4.78, 5) is 30.4. The Kier molecular flexibility index (Phi) is 5.56. The number of benzene rings is 1. The molecule has 0 bridgehead atoms. The number of nitrogens with zero attached hydrogens (tertiary/aromatic N) is 3. The molecule has 2 aromatic rings. The molecular formula is C18H24N4O3. The van der Waals surface area contributed by atoms with Crippen LogP contribution in [-0.2, 0) is 4.79 Å². The number of amides is 2. The minimum atomic E-state index is -0.330. The summed E-state index contributed by atoms with van der Waals surface area (Å²) < 4.78 is 5.11. The van der Waals surface area contributed by atoms with E-state index in [1.165, 1.54) is 4.90 Å². The highest BCUT2D eigenvalue weighted by molar-refractivity contribution is 5.96. The first-order valence-electron chi connectivity index (χ1n) is 8.20. The molecule has 0 fully saturated rings. The van der Waals surface area contributed by atoms with Gasteiger partial charge in [-0.15, -0.1) is 0 Å². The third-order valence-corrected chi connectivity index (χ3v) is 3.42. The van der Waals surface area contributed by atoms with E-state index in [2.05, 4.69) is 15.5 Å². The highest BCUT2D eigenvalue weighted by atomic mass is 16.5. The minimum absolute atomic E-state index is 0.0250. The molecule has 0 saturated heterocycles. The van der Waals surface area contributed by atoms with Crippen molar-refractivity contribution in [1.82, 2.24) is 20.4 Å². The minimum Gasteiger partial charge on any atom is -0.350 e. The summed E-state index contributed by atoms with van der Waals surface area (Å²) in [5.74, 6) is 0.589. The van der Waals surface area contributed by atoms with Gasteiger partial charge in [0.1, 0.15) is 0 Å². The lowest BCUT2D eigenvalue weighted by atomic mass is 10.1. The Hall–Kier alpha value is -2.70. The fourth-order valence-electron chi connectivity index (χ4n) is 2.31. The molecule has 0 aliphatic carbocycles. The lowest BCUT2D eigenvalue weighted by molar-refractivity contribution is -0.123. The number of carbonyl (C=O) groups is 2. The zero-order valence-electron chi connectivity index (χ0n) is 15.3. The van der Waals surface area contributed by atoms with Gasteiger partial charge in [0.15, 0.2) is 5.82 Å². The average Bonchev–Trinajstić information content (AvgIpc) is 2.97. The summed E-state index contributed by atoms with van der Waals surface area (Å²) >= 11 is 0. The number of likely N-dealkylation sites (N-methyl/N-ethyl adjacent to an activating group) is 1. The van der Waals surface area contributed by atoms with Gasteiger partial charge in [0.2, 0.25) is 5.91 Å². The maximum absolute atomic E-state index is 12.6. The van der Waals surface area contributed by atoms with E-state index in [1.807, 2.05) is 27.7 Å². The van der Waals surface area contributed by atoms with Gasteiger partial charge in [-0.3, -0.25) is 9.59 Å². The summed E-state index contributed by atoms with van der Waals surface area (Å²) in [6.07, 6.45) is 0. The topological polar surface area (TPSA) is 88.3 Å². The molecule has 25 heavy (non-hydrogen) atoms. The Morgan fingerprint density at radius 2 is 1.84 bits per heavy atom. The van der Waals surface area contributed by atoms with Crippen LogP contribution in [0.15, 0.2) is 28.8 Å². The maximum Gasteiger partial charge on any atom is 0.257 e. The van der Waals surface area contributed by atoms with Crippen molar-refractivity contribution >= 4 is 11.8 Å². The molecule has 0 saturated carbocycles. The normalized spacial score (nSPS) is 11.2. The number of rotatable bonds is 5. The largest absolute Gasteiger partial charge is 0.350 e. The van der Waals surface area contributed by atoms with Crippen molar-refractivity contribution in [3.8, 4) is 11.5 Å². The molecule has 2 amide bonds. The smallest absolute Gasteiger partial charge is 0.257 e. The van der Waals surface area contributed by atoms with E-state index in [-0.39, 0.29) is 23.9 Å². The van der Waals surface area contributed by atoms with Crippen LogP contribution < -0.4 is 5.32 Å². The quantitative estimate of drug-likeness (QED) is 0.900. The van der Waals surface area contributed by atoms with Crippen LogP contribution >= 0.6 is 0 Å². The number of nitrogens with one attached hydrogen (secondary N) is 1. The molecule has 1 heterocycles. The molecular weight excluding hydrogens is 320 g/mol. The van der Waals surface area contributed by atoms with Crippen molar-refractivity contribution in [1.29, 1.82) is 0 Å². The predicted octanol–water partition coefficient (Wildman–Crippen LogP) is 2.42. The first kappa shape index (κ1) is 18.6. The van der Waals surface area contributed by atoms with Crippen LogP contribution in [0.3, 0.4) is 0 Å². The molecule has 1 aromatic heterocycles. The number of hydrogen-bond donors (Lipinski definition) is 1. The Morgan fingerprint density at radius 1 is 1.20 bits per heavy atom. The second kappa shape index (κ2) is 7.46. The second-order valence-corrected chi connectivity index (χ2v) is 6.84. The van der Waals surface area contributed by atoms with Gasteiger partial charge in [-0.25, -0.2) is 0 Å². The van der Waals surface area contributed by atoms with Crippen molar-refractivity contribution in [2.45, 2.75) is 40.2 Å². The summed E-state index contributed by atoms with van der Waals surface area (Å²) in [6, 6.07) is 6.90. The summed E-state index contributed by atoms with van der Waals surface area (Å²) in [5.41, 5.74) is 0.916. The third-order valence-electron chi connectivity index (χ3n) is 3.42. The highest BCUT2D eigenvalue weighted by Crippen LogP contribution is 2.18. The van der Waals surface area contributed by atoms with E-state index in [0.29, 0.717) is 23.8 Å². The van der Waals surface area contributed by atoms with Crippen LogP contribution in [0.4, 0.5) is 0 Å². The van der Waals surface area contributed by atoms with Crippen molar-refractivity contribution in [3.05, 3.63) is 35.7 Å². The van der Waals surface area contributed by atoms with Gasteiger partial charge in [-0.1, -0.05) is 5.16 Å². The monoisotopic (exact) mass is 344 g/mol. The van der Waals surface area contributed by atoms with Crippen LogP contribution in [0.5, 0.6) is 0 Å². The van der Waals surface area contributed by atoms with E-state index in [4.69, 9.17) is 4.52 Å². The molecule has 7 heteroatoms. The summed E-state index contributed by atoms with van der Waals surface area (Å²) in [7, 11) is 0. The van der Waals surface area contributed by atoms with E-state index >= 15 is 0 Å². The average molecular weight is 344 g/mol. The van der Waals surface area contributed by atoms with Crippen molar-refractivity contribution in [2.75, 3.05) is 13.1 Å². The molecule has 0 unspecified atom stereocenters. The fraction of sp³-hybridized carbons (Fsp3) is 0.444. The first-order chi connectivity index (χ1) is 11.7. The number of carbonyl (C=O) groups excluding carboxylic acids is 2. The van der Waals surface area contributed by atoms with Crippen molar-refractivity contribution in [3.63, 3.8) is 0 Å². The second-order valence-electron chi connectivity index (χ2n) is 6.84. The molecule has 2 rings (SSSR count). The van der Waals surface area contributed by atoms with Gasteiger partial charge >= 0.3 is 0 Å². The van der Waals surface area contributed by atoms with E-state index in [1.54, 1.807) is 31.2 Å². The zero-order chi connectivity index (χ0) is 18.6. The zero-order valence-corrected chi connectivity index (χ0v) is 15.3. The van der Waals surface area contributed by atoms with E-state index in [9.17, 15) is 9.59 Å². The van der Waals surface area contributed by atoms with Gasteiger partial charge in [0.25, 0.3) is 11.8 Å². The fourth-order valence-corrected chi connectivity index (χ4v) is 2.31. The Labute approximate surface area is 147 Å². The molecule has 0 spiro atoms. The molecule has 134 valence electrons. The van der Waals surface area contributed by atoms with Crippen LogP contribution in [0.2, 0.25) is 0 Å². The number of aromatic nitrogens is 2. The summed E-state index contributed by atoms with van der Waals surface area (Å²) in [6.45, 7) is 9.77. The van der Waals surface area contributed by atoms with Crippen LogP contribution in [-0.4, -0.2) is 45.5 Å². The molecule has 0 atom stereocenters. The van der Waals surface area contributed by atoms with Crippen molar-refractivity contribution in [2.24, 2.45) is 0 Å². The number of aryl methyl sites for hydroxylation is 1. The van der Waals surface area contributed by atoms with E-state index in [0.717, 1.165) is 5.56 Å². The number of hydrogen-bond acceptors (Lipinski definition) is 5. The maximum atomic E-state index is 12.6. The highest BCUT2D eigenvalue weighted by Gasteiger charge is 2.20. The molecule has 1 aromatic carbocycles. The third kappa shape index (κ3) is 5.14. The lowest BCUT2D eigenvalue weighted by Gasteiger charge is -2.25. The van der Waals surface area contributed by atoms with Crippen LogP contribution in [0.25, 0.3) is 11.5 Å². The standard InChI is InChI=1S/C18H24N4O3/c1-6-22(11-15(23)20-18(3,4)5)17(24)14-9-7-13(8-10-14)16-19-12(2)21-25-16/h7-10H,6,11H2,1-5H3,(H,20,23). The van der Waals surface area contributed by atoms with Crippen molar-refractivity contribution < 1.29 is 14.1 Å². The van der Waals surface area contributed by atoms with Gasteiger partial charge in [-0.05, 0) is 58.9 Å². The lowest BCUT2D eigenvalue weighted by Crippen LogP contribution is -2.47. The first-order valence-corrected chi connectivity index (χ1v) is 8.20. The van der Waals surface area contributed by atoms with Crippen LogP contribution in [0, 0.1) is 6.92 Å². The van der Waals surface area contributed by atoms with Gasteiger partial charge in [0.05, 0.1) is 6.54 Å². The molecule has 7 nitrogen and oxygen atoms in total. The Balaban J connectivity index is 2.08. The van der Waals surface area contributed by atoms with Gasteiger partial charge in [0, 0.05) is 23.2 Å². The molecule has 1 N–H and O–H groups in total.